The second kappa shape index (κ2) is 7.90. The van der Waals surface area contributed by atoms with Crippen LogP contribution in [0.15, 0.2) is 57.4 Å². The van der Waals surface area contributed by atoms with E-state index < -0.39 is 0 Å². The fraction of sp³-hybridized carbons (Fsp3) is 0.105. The molecule has 0 bridgehead atoms. The molecule has 3 aromatic rings. The highest BCUT2D eigenvalue weighted by Crippen LogP contribution is 2.17. The van der Waals surface area contributed by atoms with E-state index in [4.69, 9.17) is 9.15 Å². The van der Waals surface area contributed by atoms with Crippen LogP contribution < -0.4 is 0 Å². The van der Waals surface area contributed by atoms with Gasteiger partial charge in [0.25, 0.3) is 0 Å². The number of benzene rings is 2. The average molecular weight is 399 g/mol. The van der Waals surface area contributed by atoms with Crippen LogP contribution in [0.3, 0.4) is 0 Å². The molecule has 3 rings (SSSR count). The number of aromatic nitrogens is 2. The van der Waals surface area contributed by atoms with Crippen molar-refractivity contribution in [2.75, 3.05) is 7.11 Å². The average Bonchev–Trinajstić information content (AvgIpc) is 3.07. The Bertz CT molecular complexity index is 918. The van der Waals surface area contributed by atoms with Crippen molar-refractivity contribution in [3.8, 4) is 0 Å². The minimum atomic E-state index is -0.388. The highest BCUT2D eigenvalue weighted by molar-refractivity contribution is 9.10. The number of nitrogens with zero attached hydrogens (tertiary/aromatic N) is 2. The third-order valence-electron chi connectivity index (χ3n) is 3.50. The number of hydrogen-bond acceptors (Lipinski definition) is 5. The third-order valence-corrected chi connectivity index (χ3v) is 3.99. The number of carbonyl (C=O) groups is 1. The molecule has 126 valence electrons. The lowest BCUT2D eigenvalue weighted by Crippen LogP contribution is -2.02. The molecule has 0 aliphatic carbocycles. The molecule has 6 heteroatoms. The molecule has 0 N–H and O–H groups in total. The van der Waals surface area contributed by atoms with E-state index in [-0.39, 0.29) is 5.97 Å². The van der Waals surface area contributed by atoms with Gasteiger partial charge in [-0.2, -0.15) is 0 Å². The molecule has 0 unspecified atom stereocenters. The van der Waals surface area contributed by atoms with Crippen molar-refractivity contribution in [3.63, 3.8) is 0 Å². The maximum Gasteiger partial charge on any atom is 0.338 e. The van der Waals surface area contributed by atoms with Crippen LogP contribution in [-0.2, 0) is 11.2 Å². The molecule has 5 nitrogen and oxygen atoms in total. The van der Waals surface area contributed by atoms with Crippen LogP contribution in [0.5, 0.6) is 0 Å². The van der Waals surface area contributed by atoms with E-state index in [1.54, 1.807) is 24.3 Å². The van der Waals surface area contributed by atoms with Gasteiger partial charge >= 0.3 is 5.97 Å². The standard InChI is InChI=1S/C19H15BrN2O3/c1-24-19(23)16-8-3-2-6-14(16)9-10-17-21-22-18(25-17)12-13-5-4-7-15(20)11-13/h2-11H,12H2,1H3. The number of methoxy groups -OCH3 is 1. The minimum Gasteiger partial charge on any atom is -0.465 e. The summed E-state index contributed by atoms with van der Waals surface area (Å²) in [4.78, 5) is 11.8. The first-order valence-corrected chi connectivity index (χ1v) is 8.37. The summed E-state index contributed by atoms with van der Waals surface area (Å²) < 4.78 is 11.4. The molecule has 0 atom stereocenters. The molecule has 0 radical (unpaired) electrons. The molecule has 25 heavy (non-hydrogen) atoms. The Balaban J connectivity index is 1.75. The summed E-state index contributed by atoms with van der Waals surface area (Å²) in [7, 11) is 1.36. The predicted octanol–water partition coefficient (Wildman–Crippen LogP) is 4.38. The first-order valence-electron chi connectivity index (χ1n) is 7.58. The Morgan fingerprint density at radius 3 is 2.80 bits per heavy atom. The minimum absolute atomic E-state index is 0.379. The maximum atomic E-state index is 11.8. The molecule has 1 aromatic heterocycles. The third kappa shape index (κ3) is 4.42. The van der Waals surface area contributed by atoms with Gasteiger partial charge in [-0.25, -0.2) is 4.79 Å². The van der Waals surface area contributed by atoms with Gasteiger partial charge < -0.3 is 9.15 Å². The van der Waals surface area contributed by atoms with Crippen LogP contribution in [0.1, 0.15) is 33.3 Å². The monoisotopic (exact) mass is 398 g/mol. The highest BCUT2D eigenvalue weighted by atomic mass is 79.9. The first-order chi connectivity index (χ1) is 12.2. The van der Waals surface area contributed by atoms with Crippen molar-refractivity contribution in [2.24, 2.45) is 0 Å². The van der Waals surface area contributed by atoms with E-state index >= 15 is 0 Å². The summed E-state index contributed by atoms with van der Waals surface area (Å²) >= 11 is 3.44. The van der Waals surface area contributed by atoms with Crippen LogP contribution in [0.2, 0.25) is 0 Å². The van der Waals surface area contributed by atoms with E-state index in [0.717, 1.165) is 15.6 Å². The molecule has 0 aliphatic rings. The highest BCUT2D eigenvalue weighted by Gasteiger charge is 2.09. The van der Waals surface area contributed by atoms with Crippen molar-refractivity contribution >= 4 is 34.1 Å². The van der Waals surface area contributed by atoms with Gasteiger partial charge in [0.2, 0.25) is 11.8 Å². The molecule has 0 spiro atoms. The molecule has 0 amide bonds. The van der Waals surface area contributed by atoms with E-state index in [9.17, 15) is 4.79 Å². The quantitative estimate of drug-likeness (QED) is 0.596. The Morgan fingerprint density at radius 2 is 2.00 bits per heavy atom. The molecular weight excluding hydrogens is 384 g/mol. The lowest BCUT2D eigenvalue weighted by molar-refractivity contribution is 0.0600. The zero-order valence-corrected chi connectivity index (χ0v) is 15.1. The van der Waals surface area contributed by atoms with Gasteiger partial charge in [0.05, 0.1) is 19.1 Å². The van der Waals surface area contributed by atoms with E-state index in [0.29, 0.717) is 23.8 Å². The summed E-state index contributed by atoms with van der Waals surface area (Å²) in [5.41, 5.74) is 2.28. The number of hydrogen-bond donors (Lipinski definition) is 0. The Morgan fingerprint density at radius 1 is 1.16 bits per heavy atom. The second-order valence-electron chi connectivity index (χ2n) is 5.25. The van der Waals surface area contributed by atoms with Gasteiger partial charge in [-0.05, 0) is 35.4 Å². The summed E-state index contributed by atoms with van der Waals surface area (Å²) in [5, 5.41) is 8.07. The Hall–Kier alpha value is -2.73. The zero-order valence-electron chi connectivity index (χ0n) is 13.5. The van der Waals surface area contributed by atoms with Crippen molar-refractivity contribution in [1.29, 1.82) is 0 Å². The van der Waals surface area contributed by atoms with Crippen LogP contribution in [0, 0.1) is 0 Å². The van der Waals surface area contributed by atoms with Crippen LogP contribution >= 0.6 is 15.9 Å². The fourth-order valence-electron chi connectivity index (χ4n) is 2.33. The summed E-state index contributed by atoms with van der Waals surface area (Å²) in [5.74, 6) is 0.518. The van der Waals surface area contributed by atoms with Gasteiger partial charge in [0, 0.05) is 10.5 Å². The smallest absolute Gasteiger partial charge is 0.338 e. The van der Waals surface area contributed by atoms with Crippen molar-refractivity contribution in [2.45, 2.75) is 6.42 Å². The number of esters is 1. The zero-order chi connectivity index (χ0) is 17.6. The lowest BCUT2D eigenvalue weighted by atomic mass is 10.1. The number of halogens is 1. The number of carbonyl (C=O) groups excluding carboxylic acids is 1. The summed E-state index contributed by atoms with van der Waals surface area (Å²) in [6.45, 7) is 0. The predicted molar refractivity (Wildman–Crippen MR) is 98.0 cm³/mol. The molecule has 0 saturated carbocycles. The van der Waals surface area contributed by atoms with E-state index in [1.165, 1.54) is 7.11 Å². The van der Waals surface area contributed by atoms with Crippen molar-refractivity contribution in [3.05, 3.63) is 81.5 Å². The van der Waals surface area contributed by atoms with E-state index in [1.807, 2.05) is 36.4 Å². The van der Waals surface area contributed by atoms with Gasteiger partial charge in [-0.15, -0.1) is 10.2 Å². The molecule has 1 heterocycles. The SMILES string of the molecule is COC(=O)c1ccccc1C=Cc1nnc(Cc2cccc(Br)c2)o1. The molecule has 0 aliphatic heterocycles. The Labute approximate surface area is 153 Å². The summed E-state index contributed by atoms with van der Waals surface area (Å²) in [6.07, 6.45) is 3.99. The first kappa shape index (κ1) is 17.1. The second-order valence-corrected chi connectivity index (χ2v) is 6.17. The van der Waals surface area contributed by atoms with Gasteiger partial charge in [-0.3, -0.25) is 0 Å². The van der Waals surface area contributed by atoms with Gasteiger partial charge in [0.15, 0.2) is 0 Å². The summed E-state index contributed by atoms with van der Waals surface area (Å²) in [6, 6.07) is 15.1. The normalized spacial score (nSPS) is 11.0. The van der Waals surface area contributed by atoms with Crippen molar-refractivity contribution in [1.82, 2.24) is 10.2 Å². The maximum absolute atomic E-state index is 11.8. The van der Waals surface area contributed by atoms with Crippen molar-refractivity contribution < 1.29 is 13.9 Å². The fourth-order valence-corrected chi connectivity index (χ4v) is 2.77. The molecular formula is C19H15BrN2O3. The molecule has 0 fully saturated rings. The topological polar surface area (TPSA) is 65.2 Å². The molecule has 2 aromatic carbocycles. The number of ether oxygens (including phenoxy) is 1. The van der Waals surface area contributed by atoms with Gasteiger partial charge in [-0.1, -0.05) is 46.3 Å². The lowest BCUT2D eigenvalue weighted by Gasteiger charge is -2.02. The van der Waals surface area contributed by atoms with Crippen LogP contribution in [-0.4, -0.2) is 23.3 Å². The van der Waals surface area contributed by atoms with Gasteiger partial charge in [0.1, 0.15) is 0 Å². The van der Waals surface area contributed by atoms with Crippen LogP contribution in [0.4, 0.5) is 0 Å². The largest absolute Gasteiger partial charge is 0.465 e. The van der Waals surface area contributed by atoms with E-state index in [2.05, 4.69) is 26.1 Å². The van der Waals surface area contributed by atoms with Crippen LogP contribution in [0.25, 0.3) is 12.2 Å². The number of rotatable bonds is 5. The Kier molecular flexibility index (Phi) is 5.40. The molecule has 0 saturated heterocycles.